The summed E-state index contributed by atoms with van der Waals surface area (Å²) in [5.74, 6) is 0. The Balaban J connectivity index is 0.000000711. The molecule has 0 saturated heterocycles. The van der Waals surface area contributed by atoms with Gasteiger partial charge < -0.3 is 15.1 Å². The molecule has 0 aliphatic carbocycles. The van der Waals surface area contributed by atoms with E-state index in [0.29, 0.717) is 12.1 Å². The molecule has 1 aromatic carbocycles. The lowest BCUT2D eigenvalue weighted by molar-refractivity contribution is -0.142. The zero-order valence-electron chi connectivity index (χ0n) is 9.00. The predicted octanol–water partition coefficient (Wildman–Crippen LogP) is 1.17. The Bertz CT molecular complexity index is 385. The molecule has 0 amide bonds. The Hall–Kier alpha value is -0.825. The third-order valence-electron chi connectivity index (χ3n) is 1.61. The van der Waals surface area contributed by atoms with E-state index >= 15 is 0 Å². The molecule has 0 spiro atoms. The van der Waals surface area contributed by atoms with E-state index in [-0.39, 0.29) is 11.4 Å². The summed E-state index contributed by atoms with van der Waals surface area (Å²) in [4.78, 5) is 0. The first-order valence-electron chi connectivity index (χ1n) is 4.43. The predicted molar refractivity (Wildman–Crippen MR) is 58.2 cm³/mol. The fourth-order valence-electron chi connectivity index (χ4n) is 0.979. The second-order valence-corrected chi connectivity index (χ2v) is 3.85. The number of halogens is 6. The lowest BCUT2D eigenvalue weighted by atomic mass is 10.1. The average Bonchev–Trinajstić information content (AvgIpc) is 2.12. The molecule has 0 aliphatic heterocycles. The van der Waals surface area contributed by atoms with Gasteiger partial charge in [-0.2, -0.15) is 26.3 Å². The zero-order chi connectivity index (χ0) is 15.4. The Kier molecular flexibility index (Phi) is 6.27. The van der Waals surface area contributed by atoms with Crippen LogP contribution in [0.2, 0.25) is 0 Å². The minimum atomic E-state index is -4.77. The first kappa shape index (κ1) is 18.2. The maximum Gasteiger partial charge on any atom is 0.631 e. The van der Waals surface area contributed by atoms with Gasteiger partial charge in [-0.05, 0) is 23.5 Å². The van der Waals surface area contributed by atoms with Crippen molar-refractivity contribution in [2.45, 2.75) is 12.4 Å². The summed E-state index contributed by atoms with van der Waals surface area (Å²) in [6, 6.07) is 1.37. The summed E-state index contributed by atoms with van der Waals surface area (Å²) < 4.78 is 73.0. The molecule has 0 bridgehead atoms. The van der Waals surface area contributed by atoms with Crippen LogP contribution in [0.5, 0.6) is 0 Å². The Labute approximate surface area is 106 Å². The molecule has 0 heterocycles. The van der Waals surface area contributed by atoms with E-state index in [1.54, 1.807) is 0 Å². The highest BCUT2D eigenvalue weighted by molar-refractivity contribution is 7.27. The molecule has 1 aromatic rings. The van der Waals surface area contributed by atoms with Gasteiger partial charge >= 0.3 is 19.7 Å². The van der Waals surface area contributed by atoms with Crippen LogP contribution in [0.25, 0.3) is 0 Å². The van der Waals surface area contributed by atoms with E-state index in [4.69, 9.17) is 15.1 Å². The van der Waals surface area contributed by atoms with Gasteiger partial charge in [-0.3, -0.25) is 0 Å². The van der Waals surface area contributed by atoms with Crippen molar-refractivity contribution >= 4 is 21.9 Å². The zero-order valence-corrected chi connectivity index (χ0v) is 10.2. The smallest absolute Gasteiger partial charge is 0.402 e. The second-order valence-electron chi connectivity index (χ2n) is 3.19. The number of alkyl halides is 6. The van der Waals surface area contributed by atoms with Gasteiger partial charge in [0.1, 0.15) is 0 Å². The highest BCUT2D eigenvalue weighted by Crippen LogP contribution is 2.34. The maximum absolute atomic E-state index is 12.2. The van der Waals surface area contributed by atoms with Crippen LogP contribution in [-0.4, -0.2) is 22.4 Å². The molecule has 1 unspecified atom stereocenters. The first-order chi connectivity index (χ1) is 8.34. The molecule has 0 fully saturated rings. The quantitative estimate of drug-likeness (QED) is 0.383. The molecular formula is C8H8BF6O3P. The molecule has 19 heavy (non-hydrogen) atoms. The number of rotatable bonds is 0. The van der Waals surface area contributed by atoms with Crippen LogP contribution in [-0.2, 0) is 12.4 Å². The highest BCUT2D eigenvalue weighted by Gasteiger charge is 2.36. The van der Waals surface area contributed by atoms with Crippen molar-refractivity contribution in [3.8, 4) is 0 Å². The molecule has 1 atom stereocenters. The van der Waals surface area contributed by atoms with E-state index in [1.165, 1.54) is 0 Å². The van der Waals surface area contributed by atoms with Crippen LogP contribution in [0.1, 0.15) is 11.1 Å². The maximum atomic E-state index is 12.2. The minimum absolute atomic E-state index is 0.0908. The third-order valence-corrected chi connectivity index (χ3v) is 1.94. The van der Waals surface area contributed by atoms with Gasteiger partial charge in [-0.15, -0.1) is 9.24 Å². The van der Waals surface area contributed by atoms with Gasteiger partial charge in [-0.1, -0.05) is 0 Å². The minimum Gasteiger partial charge on any atom is -0.402 e. The van der Waals surface area contributed by atoms with Gasteiger partial charge in [0.25, 0.3) is 0 Å². The molecule has 1 rings (SSSR count). The molecule has 0 radical (unpaired) electrons. The molecule has 0 saturated carbocycles. The van der Waals surface area contributed by atoms with E-state index in [1.807, 2.05) is 9.24 Å². The fraction of sp³-hybridized carbons (Fsp3) is 0.250. The van der Waals surface area contributed by atoms with Crippen molar-refractivity contribution < 1.29 is 41.4 Å². The first-order valence-corrected chi connectivity index (χ1v) is 5.01. The molecule has 11 heteroatoms. The lowest BCUT2D eigenvalue weighted by Crippen LogP contribution is -2.14. The summed E-state index contributed by atoms with van der Waals surface area (Å²) in [5.41, 5.74) is -2.61. The average molecular weight is 308 g/mol. The fourth-order valence-corrected chi connectivity index (χ4v) is 1.34. The van der Waals surface area contributed by atoms with Crippen molar-refractivity contribution in [1.82, 2.24) is 0 Å². The van der Waals surface area contributed by atoms with E-state index in [0.717, 1.165) is 0 Å². The van der Waals surface area contributed by atoms with E-state index < -0.39 is 30.8 Å². The van der Waals surface area contributed by atoms with Gasteiger partial charge in [0, 0.05) is 0 Å². The molecule has 3 nitrogen and oxygen atoms in total. The number of benzene rings is 1. The van der Waals surface area contributed by atoms with Crippen LogP contribution < -0.4 is 5.30 Å². The van der Waals surface area contributed by atoms with Crippen LogP contribution >= 0.6 is 9.24 Å². The molecule has 0 aliphatic rings. The summed E-state index contributed by atoms with van der Waals surface area (Å²) in [7, 11) is -0.354. The van der Waals surface area contributed by atoms with Gasteiger partial charge in [0.15, 0.2) is 0 Å². The van der Waals surface area contributed by atoms with Crippen molar-refractivity contribution in [3.63, 3.8) is 0 Å². The Morgan fingerprint density at radius 2 is 1.05 bits per heavy atom. The molecule has 3 N–H and O–H groups in total. The highest BCUT2D eigenvalue weighted by atomic mass is 31.0. The van der Waals surface area contributed by atoms with E-state index in [2.05, 4.69) is 0 Å². The normalized spacial score (nSPS) is 11.7. The number of hydrogen-bond acceptors (Lipinski definition) is 3. The van der Waals surface area contributed by atoms with E-state index in [9.17, 15) is 26.3 Å². The van der Waals surface area contributed by atoms with Crippen molar-refractivity contribution in [3.05, 3.63) is 29.3 Å². The molecule has 108 valence electrons. The monoisotopic (exact) mass is 308 g/mol. The van der Waals surface area contributed by atoms with Crippen LogP contribution in [0.15, 0.2) is 18.2 Å². The summed E-state index contributed by atoms with van der Waals surface area (Å²) >= 11 is 0. The summed E-state index contributed by atoms with van der Waals surface area (Å²) in [6.07, 6.45) is -9.54. The van der Waals surface area contributed by atoms with Crippen molar-refractivity contribution in [1.29, 1.82) is 0 Å². The molecule has 0 aromatic heterocycles. The largest absolute Gasteiger partial charge is 0.631 e. The standard InChI is InChI=1S/C8H5F6P.BH3O3/c9-7(10,11)4-1-5(8(12,13)14)3-6(15)2-4;2-1(3)4/h1-3H,15H2;2-4H. The SMILES string of the molecule is FC(F)(F)c1cc(P)cc(C(F)(F)F)c1.OB(O)O. The Morgan fingerprint density at radius 1 is 0.789 bits per heavy atom. The van der Waals surface area contributed by atoms with Crippen LogP contribution in [0.4, 0.5) is 26.3 Å². The second kappa shape index (κ2) is 6.56. The molecular weight excluding hydrogens is 300 g/mol. The Morgan fingerprint density at radius 3 is 1.26 bits per heavy atom. The van der Waals surface area contributed by atoms with Gasteiger partial charge in [-0.25, -0.2) is 0 Å². The van der Waals surface area contributed by atoms with Gasteiger partial charge in [0.05, 0.1) is 11.1 Å². The number of hydrogen-bond donors (Lipinski definition) is 3. The summed E-state index contributed by atoms with van der Waals surface area (Å²) in [5, 5.41) is 21.3. The topological polar surface area (TPSA) is 60.7 Å². The lowest BCUT2D eigenvalue weighted by Gasteiger charge is -2.12. The van der Waals surface area contributed by atoms with Gasteiger partial charge in [0.2, 0.25) is 0 Å². The summed E-state index contributed by atoms with van der Waals surface area (Å²) in [6.45, 7) is 0. The third kappa shape index (κ3) is 7.36. The van der Waals surface area contributed by atoms with Crippen LogP contribution in [0.3, 0.4) is 0 Å². The van der Waals surface area contributed by atoms with Crippen LogP contribution in [0, 0.1) is 0 Å². The van der Waals surface area contributed by atoms with Crippen molar-refractivity contribution in [2.75, 3.05) is 0 Å². The van der Waals surface area contributed by atoms with Crippen molar-refractivity contribution in [2.24, 2.45) is 0 Å².